The molecule has 0 N–H and O–H groups in total. The third kappa shape index (κ3) is 14.0. The lowest BCUT2D eigenvalue weighted by Gasteiger charge is -2.19. The van der Waals surface area contributed by atoms with E-state index >= 15 is 0 Å². The summed E-state index contributed by atoms with van der Waals surface area (Å²) in [5, 5.41) is 0. The van der Waals surface area contributed by atoms with Crippen LogP contribution in [-0.2, 0) is 14.3 Å². The molecule has 1 saturated heterocycles. The number of carbonyl (C=O) groups excluding carboxylic acids is 2. The van der Waals surface area contributed by atoms with Gasteiger partial charge < -0.3 is 4.74 Å². The molecule has 0 atom stereocenters. The van der Waals surface area contributed by atoms with Crippen molar-refractivity contribution in [1.82, 2.24) is 4.90 Å². The Labute approximate surface area is 198 Å². The van der Waals surface area contributed by atoms with Crippen LogP contribution in [0.4, 0.5) is 0 Å². The molecular weight excluding hydrogens is 398 g/mol. The zero-order valence-electron chi connectivity index (χ0n) is 21.3. The fraction of sp³-hybridized carbons (Fsp3) is 0.857. The number of likely N-dealkylation sites (tertiary alicyclic amines) is 1. The first-order valence-corrected chi connectivity index (χ1v) is 13.9. The molecule has 1 rings (SSSR count). The van der Waals surface area contributed by atoms with Crippen LogP contribution in [0.25, 0.3) is 0 Å². The van der Waals surface area contributed by atoms with Crippen LogP contribution in [0.1, 0.15) is 149 Å². The van der Waals surface area contributed by atoms with E-state index in [-0.39, 0.29) is 11.8 Å². The van der Waals surface area contributed by atoms with Crippen molar-refractivity contribution >= 4 is 11.8 Å². The van der Waals surface area contributed by atoms with E-state index in [0.717, 1.165) is 25.7 Å². The molecule has 0 aliphatic carbocycles. The van der Waals surface area contributed by atoms with Crippen LogP contribution in [0.3, 0.4) is 0 Å². The van der Waals surface area contributed by atoms with E-state index in [1.807, 2.05) is 6.08 Å². The van der Waals surface area contributed by atoms with Crippen molar-refractivity contribution in [3.8, 4) is 0 Å². The van der Waals surface area contributed by atoms with Gasteiger partial charge in [0.1, 0.15) is 0 Å². The smallest absolute Gasteiger partial charge is 0.236 e. The van der Waals surface area contributed by atoms with Gasteiger partial charge in [0, 0.05) is 12.8 Å². The molecule has 0 radical (unpaired) electrons. The number of rotatable bonds is 22. The minimum Gasteiger partial charge on any atom is -0.479 e. The minimum atomic E-state index is -0.115. The summed E-state index contributed by atoms with van der Waals surface area (Å²) in [6.07, 6.45) is 26.8. The summed E-state index contributed by atoms with van der Waals surface area (Å²) in [6.45, 7) is 5.05. The lowest BCUT2D eigenvalue weighted by molar-refractivity contribution is -0.139. The largest absolute Gasteiger partial charge is 0.479 e. The van der Waals surface area contributed by atoms with Crippen LogP contribution in [0, 0.1) is 0 Å². The number of hydrogen-bond donors (Lipinski definition) is 0. The van der Waals surface area contributed by atoms with Crippen molar-refractivity contribution in [3.63, 3.8) is 0 Å². The number of unbranched alkanes of at least 4 members (excludes halogenated alkanes) is 17. The highest BCUT2D eigenvalue weighted by Crippen LogP contribution is 2.21. The number of amides is 2. The van der Waals surface area contributed by atoms with E-state index in [0.29, 0.717) is 25.3 Å². The standard InChI is InChI=1S/C28H51NO3/c1-3-5-7-9-10-11-12-13-14-15-16-17-18-19-20-22-28(32-25-21-8-6-4-2)29-26(30)23-24-27(29)31/h22H,3-21,23-25H2,1-2H3. The maximum Gasteiger partial charge on any atom is 0.236 e. The predicted molar refractivity (Wildman–Crippen MR) is 134 cm³/mol. The first kappa shape index (κ1) is 28.7. The number of imide groups is 1. The molecule has 32 heavy (non-hydrogen) atoms. The molecule has 0 aromatic heterocycles. The van der Waals surface area contributed by atoms with Crippen LogP contribution in [0.15, 0.2) is 12.0 Å². The molecule has 2 amide bonds. The van der Waals surface area contributed by atoms with Gasteiger partial charge >= 0.3 is 0 Å². The summed E-state index contributed by atoms with van der Waals surface area (Å²) in [7, 11) is 0. The fourth-order valence-corrected chi connectivity index (χ4v) is 4.31. The highest BCUT2D eigenvalue weighted by Gasteiger charge is 2.32. The van der Waals surface area contributed by atoms with Gasteiger partial charge in [0.2, 0.25) is 11.8 Å². The number of hydrogen-bond acceptors (Lipinski definition) is 3. The Balaban J connectivity index is 2.11. The van der Waals surface area contributed by atoms with Crippen LogP contribution in [0.5, 0.6) is 0 Å². The molecule has 0 saturated carbocycles. The van der Waals surface area contributed by atoms with Gasteiger partial charge in [-0.25, -0.2) is 4.90 Å². The maximum atomic E-state index is 12.1. The maximum absolute atomic E-state index is 12.1. The predicted octanol–water partition coefficient (Wildman–Crippen LogP) is 8.45. The summed E-state index contributed by atoms with van der Waals surface area (Å²) in [4.78, 5) is 25.5. The van der Waals surface area contributed by atoms with Crippen molar-refractivity contribution in [2.75, 3.05) is 6.61 Å². The second-order valence-corrected chi connectivity index (χ2v) is 9.46. The van der Waals surface area contributed by atoms with Gasteiger partial charge in [-0.05, 0) is 25.3 Å². The van der Waals surface area contributed by atoms with Gasteiger partial charge in [-0.2, -0.15) is 0 Å². The van der Waals surface area contributed by atoms with Crippen LogP contribution in [-0.4, -0.2) is 23.3 Å². The van der Waals surface area contributed by atoms with E-state index in [1.165, 1.54) is 101 Å². The van der Waals surface area contributed by atoms with Crippen molar-refractivity contribution in [2.24, 2.45) is 0 Å². The van der Waals surface area contributed by atoms with Crippen LogP contribution in [0.2, 0.25) is 0 Å². The average molecular weight is 450 g/mol. The Hall–Kier alpha value is -1.32. The van der Waals surface area contributed by atoms with Crippen LogP contribution < -0.4 is 0 Å². The summed E-state index contributed by atoms with van der Waals surface area (Å²) in [6, 6.07) is 0. The zero-order chi connectivity index (χ0) is 23.3. The Morgan fingerprint density at radius 2 is 1.06 bits per heavy atom. The van der Waals surface area contributed by atoms with Crippen molar-refractivity contribution < 1.29 is 14.3 Å². The molecule has 1 fully saturated rings. The summed E-state index contributed by atoms with van der Waals surface area (Å²) in [5.74, 6) is 0.259. The third-order valence-electron chi connectivity index (χ3n) is 6.40. The quantitative estimate of drug-likeness (QED) is 0.0946. The first-order chi connectivity index (χ1) is 15.7. The lowest BCUT2D eigenvalue weighted by Crippen LogP contribution is -2.30. The molecule has 1 aliphatic heterocycles. The molecule has 186 valence electrons. The average Bonchev–Trinajstić information content (AvgIpc) is 3.12. The van der Waals surface area contributed by atoms with Gasteiger partial charge in [0.25, 0.3) is 0 Å². The molecule has 4 heteroatoms. The first-order valence-electron chi connectivity index (χ1n) is 13.9. The summed E-state index contributed by atoms with van der Waals surface area (Å²) >= 11 is 0. The minimum absolute atomic E-state index is 0.115. The van der Waals surface area contributed by atoms with E-state index in [1.54, 1.807) is 0 Å². The number of nitrogens with zero attached hydrogens (tertiary/aromatic N) is 1. The summed E-state index contributed by atoms with van der Waals surface area (Å²) < 4.78 is 5.88. The van der Waals surface area contributed by atoms with Gasteiger partial charge in [0.05, 0.1) is 6.61 Å². The molecule has 0 unspecified atom stereocenters. The van der Waals surface area contributed by atoms with Gasteiger partial charge in [-0.3, -0.25) is 9.59 Å². The molecule has 1 heterocycles. The Morgan fingerprint density at radius 1 is 0.656 bits per heavy atom. The number of allylic oxidation sites excluding steroid dienone is 1. The summed E-state index contributed by atoms with van der Waals surface area (Å²) in [5.41, 5.74) is 0. The topological polar surface area (TPSA) is 46.6 Å². The van der Waals surface area contributed by atoms with Crippen molar-refractivity contribution in [2.45, 2.75) is 149 Å². The number of carbonyl (C=O) groups is 2. The molecule has 0 aromatic rings. The highest BCUT2D eigenvalue weighted by molar-refractivity contribution is 6.03. The SMILES string of the molecule is CCCCCCCCCCCCCCCCC=C(OCCCCCC)N1C(=O)CCC1=O. The second kappa shape index (κ2) is 20.3. The van der Waals surface area contributed by atoms with Crippen molar-refractivity contribution in [1.29, 1.82) is 0 Å². The second-order valence-electron chi connectivity index (χ2n) is 9.46. The fourth-order valence-electron chi connectivity index (χ4n) is 4.31. The van der Waals surface area contributed by atoms with E-state index < -0.39 is 0 Å². The monoisotopic (exact) mass is 449 g/mol. The molecule has 0 aromatic carbocycles. The van der Waals surface area contributed by atoms with Gasteiger partial charge in [0.15, 0.2) is 5.88 Å². The van der Waals surface area contributed by atoms with E-state index in [4.69, 9.17) is 4.74 Å². The Kier molecular flexibility index (Phi) is 18.2. The zero-order valence-corrected chi connectivity index (χ0v) is 21.3. The Bertz CT molecular complexity index is 499. The highest BCUT2D eigenvalue weighted by atomic mass is 16.5. The third-order valence-corrected chi connectivity index (χ3v) is 6.40. The normalized spacial score (nSPS) is 14.6. The molecule has 1 aliphatic rings. The van der Waals surface area contributed by atoms with E-state index in [9.17, 15) is 9.59 Å². The van der Waals surface area contributed by atoms with Crippen molar-refractivity contribution in [3.05, 3.63) is 12.0 Å². The molecule has 4 nitrogen and oxygen atoms in total. The van der Waals surface area contributed by atoms with Gasteiger partial charge in [-0.1, -0.05) is 117 Å². The molecule has 0 bridgehead atoms. The van der Waals surface area contributed by atoms with Crippen LogP contribution >= 0.6 is 0 Å². The number of ether oxygens (including phenoxy) is 1. The van der Waals surface area contributed by atoms with E-state index in [2.05, 4.69) is 13.8 Å². The lowest BCUT2D eigenvalue weighted by atomic mass is 10.0. The molecular formula is C28H51NO3. The van der Waals surface area contributed by atoms with Gasteiger partial charge in [-0.15, -0.1) is 0 Å². The Morgan fingerprint density at radius 3 is 1.53 bits per heavy atom. The molecule has 0 spiro atoms.